The maximum Gasteiger partial charge on any atom is 0.349 e. The Labute approximate surface area is 200 Å². The van der Waals surface area contributed by atoms with Gasteiger partial charge in [-0.25, -0.2) is 4.79 Å². The summed E-state index contributed by atoms with van der Waals surface area (Å²) < 4.78 is 18.1. The molecule has 0 fully saturated rings. The molecular weight excluding hydrogens is 514 g/mol. The van der Waals surface area contributed by atoms with Crippen LogP contribution in [-0.2, 0) is 6.61 Å². The molecule has 0 bridgehead atoms. The monoisotopic (exact) mass is 527 g/mol. The zero-order chi connectivity index (χ0) is 22.9. The molecule has 2 heterocycles. The quantitative estimate of drug-likeness (QED) is 0.390. The SMILES string of the molecule is O=c1[nH]c2ccccc2c(=O)n1N=Cc1cc(Cl)cc(Br)c1OCc1ccc2c(c1)OCO2. The van der Waals surface area contributed by atoms with Crippen molar-refractivity contribution >= 4 is 44.6 Å². The number of para-hydroxylation sites is 1. The highest BCUT2D eigenvalue weighted by Gasteiger charge is 2.15. The van der Waals surface area contributed by atoms with Crippen LogP contribution in [0.25, 0.3) is 10.9 Å². The molecular formula is C23H15BrClN3O5. The summed E-state index contributed by atoms with van der Waals surface area (Å²) >= 11 is 9.67. The Kier molecular flexibility index (Phi) is 5.65. The minimum Gasteiger partial charge on any atom is -0.487 e. The third kappa shape index (κ3) is 4.24. The van der Waals surface area contributed by atoms with Gasteiger partial charge in [-0.15, -0.1) is 4.68 Å². The third-order valence-electron chi connectivity index (χ3n) is 4.95. The van der Waals surface area contributed by atoms with E-state index in [1.165, 1.54) is 6.21 Å². The van der Waals surface area contributed by atoms with Crippen LogP contribution < -0.4 is 25.5 Å². The number of rotatable bonds is 5. The normalized spacial score (nSPS) is 12.5. The molecule has 0 amide bonds. The lowest BCUT2D eigenvalue weighted by molar-refractivity contribution is 0.174. The molecule has 0 spiro atoms. The zero-order valence-electron chi connectivity index (χ0n) is 16.9. The molecule has 0 saturated carbocycles. The molecule has 1 N–H and O–H groups in total. The summed E-state index contributed by atoms with van der Waals surface area (Å²) in [5, 5.41) is 4.89. The second kappa shape index (κ2) is 8.76. The number of halogens is 2. The van der Waals surface area contributed by atoms with Crippen LogP contribution in [-0.4, -0.2) is 22.7 Å². The smallest absolute Gasteiger partial charge is 0.349 e. The Morgan fingerprint density at radius 1 is 1.12 bits per heavy atom. The van der Waals surface area contributed by atoms with E-state index in [1.54, 1.807) is 36.4 Å². The number of fused-ring (bicyclic) bond motifs is 2. The first kappa shape index (κ1) is 21.3. The van der Waals surface area contributed by atoms with Crippen molar-refractivity contribution in [3.8, 4) is 17.2 Å². The number of hydrogen-bond acceptors (Lipinski definition) is 6. The maximum atomic E-state index is 12.7. The molecule has 3 aromatic carbocycles. The van der Waals surface area contributed by atoms with Crippen LogP contribution in [0.5, 0.6) is 17.2 Å². The van der Waals surface area contributed by atoms with Crippen LogP contribution in [0.4, 0.5) is 0 Å². The van der Waals surface area contributed by atoms with Crippen LogP contribution in [0.3, 0.4) is 0 Å². The van der Waals surface area contributed by atoms with Gasteiger partial charge in [-0.1, -0.05) is 29.8 Å². The minimum absolute atomic E-state index is 0.191. The number of aromatic nitrogens is 2. The Bertz CT molecular complexity index is 1530. The van der Waals surface area contributed by atoms with E-state index in [4.69, 9.17) is 25.8 Å². The van der Waals surface area contributed by atoms with Crippen molar-refractivity contribution in [3.05, 3.63) is 96.1 Å². The fourth-order valence-electron chi connectivity index (χ4n) is 3.39. The van der Waals surface area contributed by atoms with E-state index in [1.807, 2.05) is 18.2 Å². The second-order valence-corrected chi connectivity index (χ2v) is 8.41. The minimum atomic E-state index is -0.654. The highest BCUT2D eigenvalue weighted by molar-refractivity contribution is 9.10. The number of benzene rings is 3. The van der Waals surface area contributed by atoms with Crippen LogP contribution in [0.1, 0.15) is 11.1 Å². The molecule has 33 heavy (non-hydrogen) atoms. The van der Waals surface area contributed by atoms with Gasteiger partial charge >= 0.3 is 5.69 Å². The van der Waals surface area contributed by atoms with E-state index in [9.17, 15) is 9.59 Å². The van der Waals surface area contributed by atoms with Crippen LogP contribution in [0.15, 0.2) is 73.8 Å². The fraction of sp³-hybridized carbons (Fsp3) is 0.0870. The van der Waals surface area contributed by atoms with E-state index in [2.05, 4.69) is 26.0 Å². The highest BCUT2D eigenvalue weighted by Crippen LogP contribution is 2.35. The van der Waals surface area contributed by atoms with Gasteiger partial charge in [0.05, 0.1) is 21.6 Å². The third-order valence-corrected chi connectivity index (χ3v) is 5.76. The van der Waals surface area contributed by atoms with E-state index < -0.39 is 11.2 Å². The zero-order valence-corrected chi connectivity index (χ0v) is 19.2. The van der Waals surface area contributed by atoms with Gasteiger partial charge < -0.3 is 19.2 Å². The van der Waals surface area contributed by atoms with Gasteiger partial charge in [-0.05, 0) is 57.9 Å². The summed E-state index contributed by atoms with van der Waals surface area (Å²) in [7, 11) is 0. The lowest BCUT2D eigenvalue weighted by Gasteiger charge is -2.12. The molecule has 1 aliphatic heterocycles. The summed E-state index contributed by atoms with van der Waals surface area (Å²) in [4.78, 5) is 27.8. The molecule has 8 nitrogen and oxygen atoms in total. The summed E-state index contributed by atoms with van der Waals surface area (Å²) in [6.07, 6.45) is 1.36. The second-order valence-electron chi connectivity index (χ2n) is 7.12. The van der Waals surface area contributed by atoms with Crippen molar-refractivity contribution in [1.29, 1.82) is 0 Å². The van der Waals surface area contributed by atoms with Gasteiger partial charge in [0.15, 0.2) is 11.5 Å². The topological polar surface area (TPSA) is 94.9 Å². The van der Waals surface area contributed by atoms with E-state index in [-0.39, 0.29) is 13.4 Å². The number of hydrogen-bond donors (Lipinski definition) is 1. The lowest BCUT2D eigenvalue weighted by Crippen LogP contribution is -2.32. The first-order valence-corrected chi connectivity index (χ1v) is 11.0. The number of aromatic amines is 1. The number of ether oxygens (including phenoxy) is 3. The first-order valence-electron chi connectivity index (χ1n) is 9.78. The largest absolute Gasteiger partial charge is 0.487 e. The predicted molar refractivity (Wildman–Crippen MR) is 128 cm³/mol. The van der Waals surface area contributed by atoms with Crippen LogP contribution in [0.2, 0.25) is 5.02 Å². The molecule has 0 radical (unpaired) electrons. The maximum absolute atomic E-state index is 12.7. The Balaban J connectivity index is 1.48. The van der Waals surface area contributed by atoms with Crippen LogP contribution >= 0.6 is 27.5 Å². The predicted octanol–water partition coefficient (Wildman–Crippen LogP) is 4.30. The Morgan fingerprint density at radius 2 is 1.94 bits per heavy atom. The average Bonchev–Trinajstić information content (AvgIpc) is 3.26. The average molecular weight is 529 g/mol. The summed E-state index contributed by atoms with van der Waals surface area (Å²) in [6.45, 7) is 0.421. The highest BCUT2D eigenvalue weighted by atomic mass is 79.9. The Hall–Kier alpha value is -3.56. The molecule has 1 aromatic heterocycles. The van der Waals surface area contributed by atoms with Gasteiger partial charge in [0.1, 0.15) is 12.4 Å². The molecule has 0 aliphatic carbocycles. The number of nitrogens with one attached hydrogen (secondary N) is 1. The summed E-state index contributed by atoms with van der Waals surface area (Å²) in [6, 6.07) is 15.6. The molecule has 4 aromatic rings. The van der Waals surface area contributed by atoms with Crippen molar-refractivity contribution in [2.45, 2.75) is 6.61 Å². The van der Waals surface area contributed by atoms with Crippen molar-refractivity contribution in [2.24, 2.45) is 5.10 Å². The standard InChI is InChI=1S/C23H15BrClN3O5/c24-17-9-15(25)8-14(21(17)31-11-13-5-6-19-20(7-13)33-12-32-19)10-26-28-22(29)16-3-1-2-4-18(16)27-23(28)30/h1-10H,11-12H2,(H,27,30). The first-order chi connectivity index (χ1) is 16.0. The number of nitrogens with zero attached hydrogens (tertiary/aromatic N) is 2. The Morgan fingerprint density at radius 3 is 2.82 bits per heavy atom. The molecule has 10 heteroatoms. The van der Waals surface area contributed by atoms with Gasteiger partial charge in [-0.2, -0.15) is 5.10 Å². The molecule has 0 unspecified atom stereocenters. The van der Waals surface area contributed by atoms with E-state index in [0.29, 0.717) is 43.2 Å². The summed E-state index contributed by atoms with van der Waals surface area (Å²) in [5.41, 5.74) is 0.603. The molecule has 166 valence electrons. The van der Waals surface area contributed by atoms with E-state index >= 15 is 0 Å². The number of H-pyrrole nitrogens is 1. The van der Waals surface area contributed by atoms with Gasteiger partial charge in [0, 0.05) is 10.6 Å². The van der Waals surface area contributed by atoms with Gasteiger partial charge in [0.25, 0.3) is 5.56 Å². The fourth-order valence-corrected chi connectivity index (χ4v) is 4.34. The molecule has 0 atom stereocenters. The van der Waals surface area contributed by atoms with Gasteiger partial charge in [0.2, 0.25) is 6.79 Å². The van der Waals surface area contributed by atoms with Crippen molar-refractivity contribution in [2.75, 3.05) is 6.79 Å². The van der Waals surface area contributed by atoms with E-state index in [0.717, 1.165) is 10.2 Å². The van der Waals surface area contributed by atoms with Crippen molar-refractivity contribution in [1.82, 2.24) is 9.66 Å². The van der Waals surface area contributed by atoms with Gasteiger partial charge in [-0.3, -0.25) is 4.79 Å². The van der Waals surface area contributed by atoms with Crippen molar-refractivity contribution < 1.29 is 14.2 Å². The van der Waals surface area contributed by atoms with Crippen LogP contribution in [0, 0.1) is 0 Å². The molecule has 1 aliphatic rings. The lowest BCUT2D eigenvalue weighted by atomic mass is 10.2. The van der Waals surface area contributed by atoms with Crippen molar-refractivity contribution in [3.63, 3.8) is 0 Å². The molecule has 0 saturated heterocycles. The molecule has 5 rings (SSSR count). The summed E-state index contributed by atoms with van der Waals surface area (Å²) in [5.74, 6) is 1.79.